The molecule has 0 saturated carbocycles. The van der Waals surface area contributed by atoms with Crippen molar-refractivity contribution in [2.75, 3.05) is 0 Å². The third-order valence-electron chi connectivity index (χ3n) is 3.57. The Balaban J connectivity index is 1.78. The van der Waals surface area contributed by atoms with Crippen LogP contribution in [-0.4, -0.2) is 10.6 Å². The molecule has 4 heteroatoms. The van der Waals surface area contributed by atoms with Crippen molar-refractivity contribution in [3.05, 3.63) is 45.9 Å². The van der Waals surface area contributed by atoms with Crippen molar-refractivity contribution in [2.45, 2.75) is 45.4 Å². The summed E-state index contributed by atoms with van der Waals surface area (Å²) in [5, 5.41) is 4.77. The molecular formula is C16H20N2OS. The highest BCUT2D eigenvalue weighted by molar-refractivity contribution is 7.11. The Morgan fingerprint density at radius 3 is 2.95 bits per heavy atom. The summed E-state index contributed by atoms with van der Waals surface area (Å²) in [4.78, 5) is 5.59. The van der Waals surface area contributed by atoms with Crippen LogP contribution in [0.4, 0.5) is 0 Å². The lowest BCUT2D eigenvalue weighted by atomic mass is 9.90. The molecular weight excluding hydrogens is 268 g/mol. The zero-order valence-corrected chi connectivity index (χ0v) is 13.0. The number of benzene rings is 1. The van der Waals surface area contributed by atoms with Crippen LogP contribution < -0.4 is 10.1 Å². The number of nitrogens with one attached hydrogen (secondary N) is 1. The Kier molecular flexibility index (Phi) is 3.52. The van der Waals surface area contributed by atoms with Crippen LogP contribution in [0.5, 0.6) is 5.75 Å². The minimum atomic E-state index is -0.129. The summed E-state index contributed by atoms with van der Waals surface area (Å²) >= 11 is 1.75. The first kappa shape index (κ1) is 13.6. The molecule has 0 saturated heterocycles. The van der Waals surface area contributed by atoms with Crippen LogP contribution in [0.1, 0.15) is 41.8 Å². The lowest BCUT2D eigenvalue weighted by Gasteiger charge is -2.38. The topological polar surface area (TPSA) is 34.2 Å². The second-order valence-corrected chi connectivity index (χ2v) is 7.20. The van der Waals surface area contributed by atoms with E-state index in [-0.39, 0.29) is 5.60 Å². The van der Waals surface area contributed by atoms with E-state index in [2.05, 4.69) is 42.3 Å². The summed E-state index contributed by atoms with van der Waals surface area (Å²) in [7, 11) is 0. The quantitative estimate of drug-likeness (QED) is 0.931. The fraction of sp³-hybridized carbons (Fsp3) is 0.438. The maximum absolute atomic E-state index is 6.06. The molecule has 0 amide bonds. The molecule has 1 aliphatic heterocycles. The van der Waals surface area contributed by atoms with E-state index < -0.39 is 0 Å². The number of thiazole rings is 1. The third-order valence-corrected chi connectivity index (χ3v) is 4.48. The van der Waals surface area contributed by atoms with E-state index in [1.165, 1.54) is 10.4 Å². The van der Waals surface area contributed by atoms with Crippen molar-refractivity contribution in [3.8, 4) is 5.75 Å². The SMILES string of the molecule is Cc1ncc(CNC2CC(C)(C)Oc3ccccc32)s1. The van der Waals surface area contributed by atoms with Gasteiger partial charge in [-0.3, -0.25) is 0 Å². The Labute approximate surface area is 124 Å². The normalized spacial score (nSPS) is 20.2. The molecule has 1 aromatic carbocycles. The second-order valence-electron chi connectivity index (χ2n) is 5.88. The number of aromatic nitrogens is 1. The molecule has 0 spiro atoms. The van der Waals surface area contributed by atoms with E-state index in [4.69, 9.17) is 4.74 Å². The molecule has 0 bridgehead atoms. The molecule has 1 aromatic heterocycles. The Bertz CT molecular complexity index is 606. The number of fused-ring (bicyclic) bond motifs is 1. The molecule has 1 N–H and O–H groups in total. The third kappa shape index (κ3) is 2.86. The molecule has 2 heterocycles. The van der Waals surface area contributed by atoms with Gasteiger partial charge in [0.1, 0.15) is 11.4 Å². The number of para-hydroxylation sites is 1. The Hall–Kier alpha value is -1.39. The van der Waals surface area contributed by atoms with Crippen LogP contribution in [-0.2, 0) is 6.54 Å². The molecule has 1 unspecified atom stereocenters. The number of nitrogens with zero attached hydrogens (tertiary/aromatic N) is 1. The molecule has 1 atom stereocenters. The number of aryl methyl sites for hydroxylation is 1. The minimum Gasteiger partial charge on any atom is -0.487 e. The van der Waals surface area contributed by atoms with E-state index in [1.54, 1.807) is 11.3 Å². The Morgan fingerprint density at radius 1 is 1.40 bits per heavy atom. The number of rotatable bonds is 3. The number of hydrogen-bond acceptors (Lipinski definition) is 4. The van der Waals surface area contributed by atoms with E-state index in [1.807, 2.05) is 19.2 Å². The highest BCUT2D eigenvalue weighted by Crippen LogP contribution is 2.39. The van der Waals surface area contributed by atoms with Gasteiger partial charge in [-0.25, -0.2) is 4.98 Å². The molecule has 3 rings (SSSR count). The summed E-state index contributed by atoms with van der Waals surface area (Å²) in [5.74, 6) is 1.00. The summed E-state index contributed by atoms with van der Waals surface area (Å²) in [5.41, 5.74) is 1.13. The van der Waals surface area contributed by atoms with Crippen LogP contribution in [0.15, 0.2) is 30.5 Å². The number of hydrogen-bond donors (Lipinski definition) is 1. The molecule has 1 aliphatic rings. The average Bonchev–Trinajstić information content (AvgIpc) is 2.80. The molecule has 0 aliphatic carbocycles. The summed E-state index contributed by atoms with van der Waals surface area (Å²) in [6, 6.07) is 8.65. The molecule has 0 fully saturated rings. The molecule has 0 radical (unpaired) electrons. The predicted molar refractivity (Wildman–Crippen MR) is 82.2 cm³/mol. The largest absolute Gasteiger partial charge is 0.487 e. The molecule has 3 nitrogen and oxygen atoms in total. The summed E-state index contributed by atoms with van der Waals surface area (Å²) in [6.45, 7) is 7.20. The zero-order valence-electron chi connectivity index (χ0n) is 12.1. The highest BCUT2D eigenvalue weighted by atomic mass is 32.1. The monoisotopic (exact) mass is 288 g/mol. The van der Waals surface area contributed by atoms with E-state index in [0.717, 1.165) is 23.7 Å². The molecule has 106 valence electrons. The second kappa shape index (κ2) is 5.19. The van der Waals surface area contributed by atoms with Crippen molar-refractivity contribution in [3.63, 3.8) is 0 Å². The zero-order chi connectivity index (χ0) is 14.2. The fourth-order valence-corrected chi connectivity index (χ4v) is 3.44. The minimum absolute atomic E-state index is 0.129. The van der Waals surface area contributed by atoms with Gasteiger partial charge in [0.2, 0.25) is 0 Å². The smallest absolute Gasteiger partial charge is 0.124 e. The van der Waals surface area contributed by atoms with Crippen molar-refractivity contribution >= 4 is 11.3 Å². The van der Waals surface area contributed by atoms with Gasteiger partial charge in [-0.1, -0.05) is 18.2 Å². The molecule has 20 heavy (non-hydrogen) atoms. The maximum Gasteiger partial charge on any atom is 0.124 e. The van der Waals surface area contributed by atoms with Gasteiger partial charge in [0.15, 0.2) is 0 Å². The first-order chi connectivity index (χ1) is 9.53. The van der Waals surface area contributed by atoms with E-state index >= 15 is 0 Å². The lowest BCUT2D eigenvalue weighted by Crippen LogP contribution is -2.39. The first-order valence-corrected chi connectivity index (χ1v) is 7.78. The van der Waals surface area contributed by atoms with Crippen molar-refractivity contribution in [1.29, 1.82) is 0 Å². The van der Waals surface area contributed by atoms with Gasteiger partial charge in [0, 0.05) is 35.6 Å². The van der Waals surface area contributed by atoms with Gasteiger partial charge in [-0.15, -0.1) is 11.3 Å². The van der Waals surface area contributed by atoms with Gasteiger partial charge in [-0.05, 0) is 26.8 Å². The van der Waals surface area contributed by atoms with Gasteiger partial charge in [0.05, 0.1) is 5.01 Å². The highest BCUT2D eigenvalue weighted by Gasteiger charge is 2.33. The Morgan fingerprint density at radius 2 is 2.20 bits per heavy atom. The van der Waals surface area contributed by atoms with E-state index in [9.17, 15) is 0 Å². The molecule has 2 aromatic rings. The van der Waals surface area contributed by atoms with Crippen molar-refractivity contribution < 1.29 is 4.74 Å². The fourth-order valence-electron chi connectivity index (χ4n) is 2.70. The predicted octanol–water partition coefficient (Wildman–Crippen LogP) is 3.84. The van der Waals surface area contributed by atoms with Crippen molar-refractivity contribution in [1.82, 2.24) is 10.3 Å². The summed E-state index contributed by atoms with van der Waals surface area (Å²) in [6.07, 6.45) is 2.94. The van der Waals surface area contributed by atoms with Crippen LogP contribution in [0, 0.1) is 6.92 Å². The van der Waals surface area contributed by atoms with Crippen LogP contribution in [0.25, 0.3) is 0 Å². The number of ether oxygens (including phenoxy) is 1. The standard InChI is InChI=1S/C16H20N2OS/c1-11-17-9-12(20-11)10-18-14-8-16(2,3)19-15-7-5-4-6-13(14)15/h4-7,9,14,18H,8,10H2,1-3H3. The van der Waals surface area contributed by atoms with Crippen LogP contribution in [0.2, 0.25) is 0 Å². The van der Waals surface area contributed by atoms with Gasteiger partial charge >= 0.3 is 0 Å². The van der Waals surface area contributed by atoms with Crippen LogP contribution >= 0.6 is 11.3 Å². The maximum atomic E-state index is 6.06. The summed E-state index contributed by atoms with van der Waals surface area (Å²) < 4.78 is 6.06. The van der Waals surface area contributed by atoms with Crippen LogP contribution in [0.3, 0.4) is 0 Å². The first-order valence-electron chi connectivity index (χ1n) is 6.96. The van der Waals surface area contributed by atoms with Gasteiger partial charge < -0.3 is 10.1 Å². The lowest BCUT2D eigenvalue weighted by molar-refractivity contribution is 0.0658. The van der Waals surface area contributed by atoms with E-state index in [0.29, 0.717) is 6.04 Å². The van der Waals surface area contributed by atoms with Gasteiger partial charge in [-0.2, -0.15) is 0 Å². The van der Waals surface area contributed by atoms with Crippen molar-refractivity contribution in [2.24, 2.45) is 0 Å². The average molecular weight is 288 g/mol. The van der Waals surface area contributed by atoms with Gasteiger partial charge in [0.25, 0.3) is 0 Å².